The van der Waals surface area contributed by atoms with Crippen LogP contribution >= 0.6 is 11.8 Å². The molecule has 2 rings (SSSR count). The second-order valence-corrected chi connectivity index (χ2v) is 5.22. The summed E-state index contributed by atoms with van der Waals surface area (Å²) in [5.41, 5.74) is 0. The molecule has 0 saturated carbocycles. The number of thioether (sulfide) groups is 1. The lowest BCUT2D eigenvalue weighted by molar-refractivity contribution is -0.0677. The molecular weight excluding hydrogens is 182 g/mol. The lowest BCUT2D eigenvalue weighted by atomic mass is 10.1. The second-order valence-electron chi connectivity index (χ2n) is 4.07. The third-order valence-corrected chi connectivity index (χ3v) is 4.45. The molecule has 0 bridgehead atoms. The largest absolute Gasteiger partial charge is 0.376 e. The average Bonchev–Trinajstić information content (AvgIpc) is 2.62. The van der Waals surface area contributed by atoms with E-state index in [4.69, 9.17) is 4.74 Å². The van der Waals surface area contributed by atoms with Crippen LogP contribution in [0.4, 0.5) is 0 Å². The van der Waals surface area contributed by atoms with Gasteiger partial charge in [-0.3, -0.25) is 4.90 Å². The Morgan fingerprint density at radius 2 is 2.23 bits per heavy atom. The molecule has 0 radical (unpaired) electrons. The second kappa shape index (κ2) is 4.20. The highest BCUT2D eigenvalue weighted by atomic mass is 32.2. The van der Waals surface area contributed by atoms with E-state index in [0.29, 0.717) is 12.1 Å². The molecular formula is C10H19NOS. The molecule has 2 aliphatic heterocycles. The molecule has 0 N–H and O–H groups in total. The van der Waals surface area contributed by atoms with Gasteiger partial charge < -0.3 is 4.74 Å². The summed E-state index contributed by atoms with van der Waals surface area (Å²) >= 11 is 2.10. The number of hydrogen-bond acceptors (Lipinski definition) is 3. The minimum Gasteiger partial charge on any atom is -0.376 e. The Hall–Kier alpha value is 0.270. The first-order chi connectivity index (χ1) is 6.29. The van der Waals surface area contributed by atoms with Gasteiger partial charge in [0.05, 0.1) is 12.7 Å². The van der Waals surface area contributed by atoms with Crippen LogP contribution in [0.15, 0.2) is 0 Å². The van der Waals surface area contributed by atoms with Crippen LogP contribution in [0.1, 0.15) is 20.3 Å². The summed E-state index contributed by atoms with van der Waals surface area (Å²) in [4.78, 5) is 2.65. The molecule has 76 valence electrons. The van der Waals surface area contributed by atoms with Crippen LogP contribution in [0.5, 0.6) is 0 Å². The van der Waals surface area contributed by atoms with Gasteiger partial charge in [0, 0.05) is 24.4 Å². The minimum atomic E-state index is 0.416. The first-order valence-corrected chi connectivity index (χ1v) is 6.39. The molecule has 0 aliphatic carbocycles. The highest BCUT2D eigenvalue weighted by Gasteiger charge is 2.32. The van der Waals surface area contributed by atoms with Gasteiger partial charge in [0.1, 0.15) is 0 Å². The Morgan fingerprint density at radius 3 is 2.92 bits per heavy atom. The van der Waals surface area contributed by atoms with Crippen molar-refractivity contribution in [3.8, 4) is 0 Å². The maximum Gasteiger partial charge on any atom is 0.0700 e. The predicted molar refractivity (Wildman–Crippen MR) is 57.3 cm³/mol. The Bertz CT molecular complexity index is 168. The van der Waals surface area contributed by atoms with Crippen molar-refractivity contribution in [2.24, 2.45) is 0 Å². The fourth-order valence-corrected chi connectivity index (χ4v) is 3.49. The summed E-state index contributed by atoms with van der Waals surface area (Å²) in [6.07, 6.45) is 1.79. The zero-order valence-electron chi connectivity index (χ0n) is 8.53. The van der Waals surface area contributed by atoms with Crippen LogP contribution in [-0.4, -0.2) is 47.7 Å². The molecule has 0 aromatic carbocycles. The highest BCUT2D eigenvalue weighted by Crippen LogP contribution is 2.26. The number of hydrogen-bond donors (Lipinski definition) is 0. The molecule has 0 aromatic rings. The van der Waals surface area contributed by atoms with Crippen molar-refractivity contribution in [2.75, 3.05) is 24.7 Å². The van der Waals surface area contributed by atoms with E-state index in [1.807, 2.05) is 0 Å². The van der Waals surface area contributed by atoms with Crippen molar-refractivity contribution < 1.29 is 4.74 Å². The molecule has 2 aliphatic rings. The van der Waals surface area contributed by atoms with Gasteiger partial charge in [-0.2, -0.15) is 11.8 Å². The molecule has 13 heavy (non-hydrogen) atoms. The summed E-state index contributed by atoms with van der Waals surface area (Å²) in [7, 11) is 0. The number of ether oxygens (including phenoxy) is 1. The van der Waals surface area contributed by atoms with Gasteiger partial charge >= 0.3 is 0 Å². The van der Waals surface area contributed by atoms with Gasteiger partial charge in [-0.25, -0.2) is 0 Å². The smallest absolute Gasteiger partial charge is 0.0700 e. The summed E-state index contributed by atoms with van der Waals surface area (Å²) in [6.45, 7) is 6.55. The van der Waals surface area contributed by atoms with E-state index in [1.165, 1.54) is 17.9 Å². The van der Waals surface area contributed by atoms with E-state index in [0.717, 1.165) is 19.2 Å². The Labute approximate surface area is 85.0 Å². The van der Waals surface area contributed by atoms with Crippen molar-refractivity contribution in [2.45, 2.75) is 38.5 Å². The molecule has 2 heterocycles. The predicted octanol–water partition coefficient (Wildman–Crippen LogP) is 1.60. The summed E-state index contributed by atoms with van der Waals surface area (Å²) in [6, 6.07) is 1.43. The molecule has 0 spiro atoms. The molecule has 0 aromatic heterocycles. The van der Waals surface area contributed by atoms with Gasteiger partial charge in [0.25, 0.3) is 0 Å². The Morgan fingerprint density at radius 1 is 1.38 bits per heavy atom. The van der Waals surface area contributed by atoms with Crippen molar-refractivity contribution in [1.82, 2.24) is 4.90 Å². The summed E-state index contributed by atoms with van der Waals surface area (Å²) in [5, 5.41) is 0. The van der Waals surface area contributed by atoms with Crippen molar-refractivity contribution in [3.63, 3.8) is 0 Å². The fraction of sp³-hybridized carbons (Fsp3) is 1.00. The quantitative estimate of drug-likeness (QED) is 0.639. The third-order valence-electron chi connectivity index (χ3n) is 3.31. The first-order valence-electron chi connectivity index (χ1n) is 5.24. The zero-order valence-corrected chi connectivity index (χ0v) is 9.35. The zero-order chi connectivity index (χ0) is 9.26. The van der Waals surface area contributed by atoms with Crippen molar-refractivity contribution in [1.29, 1.82) is 0 Å². The van der Waals surface area contributed by atoms with Crippen LogP contribution < -0.4 is 0 Å². The summed E-state index contributed by atoms with van der Waals surface area (Å²) < 4.78 is 5.63. The maximum absolute atomic E-state index is 5.63. The number of morpholine rings is 1. The normalized spacial score (nSPS) is 42.5. The van der Waals surface area contributed by atoms with E-state index in [9.17, 15) is 0 Å². The summed E-state index contributed by atoms with van der Waals surface area (Å²) in [5.74, 6) is 2.68. The lowest BCUT2D eigenvalue weighted by Gasteiger charge is -2.41. The average molecular weight is 201 g/mol. The van der Waals surface area contributed by atoms with Crippen LogP contribution in [0.25, 0.3) is 0 Å². The first kappa shape index (κ1) is 9.81. The van der Waals surface area contributed by atoms with Crippen LogP contribution in [0.2, 0.25) is 0 Å². The van der Waals surface area contributed by atoms with E-state index in [2.05, 4.69) is 30.5 Å². The van der Waals surface area contributed by atoms with E-state index in [-0.39, 0.29) is 0 Å². The van der Waals surface area contributed by atoms with Crippen LogP contribution in [-0.2, 0) is 4.74 Å². The van der Waals surface area contributed by atoms with Gasteiger partial charge in [-0.05, 0) is 26.0 Å². The standard InChI is InChI=1S/C10H19NOS/c1-8-9(2)12-5-4-11(8)10-3-6-13-7-10/h8-10H,3-7H2,1-2H3. The molecule has 2 saturated heterocycles. The number of nitrogens with zero attached hydrogens (tertiary/aromatic N) is 1. The van der Waals surface area contributed by atoms with E-state index < -0.39 is 0 Å². The Kier molecular flexibility index (Phi) is 3.17. The van der Waals surface area contributed by atoms with Crippen LogP contribution in [0, 0.1) is 0 Å². The van der Waals surface area contributed by atoms with Crippen molar-refractivity contribution in [3.05, 3.63) is 0 Å². The minimum absolute atomic E-state index is 0.416. The third kappa shape index (κ3) is 2.03. The van der Waals surface area contributed by atoms with Gasteiger partial charge in [0.2, 0.25) is 0 Å². The molecule has 2 nitrogen and oxygen atoms in total. The number of rotatable bonds is 1. The van der Waals surface area contributed by atoms with E-state index >= 15 is 0 Å². The monoisotopic (exact) mass is 201 g/mol. The lowest BCUT2D eigenvalue weighted by Crippen LogP contribution is -2.53. The van der Waals surface area contributed by atoms with Crippen LogP contribution in [0.3, 0.4) is 0 Å². The topological polar surface area (TPSA) is 12.5 Å². The fourth-order valence-electron chi connectivity index (χ4n) is 2.26. The molecule has 3 unspecified atom stereocenters. The molecule has 0 amide bonds. The van der Waals surface area contributed by atoms with Crippen molar-refractivity contribution >= 4 is 11.8 Å². The highest BCUT2D eigenvalue weighted by molar-refractivity contribution is 7.99. The molecule has 2 fully saturated rings. The van der Waals surface area contributed by atoms with Gasteiger partial charge in [-0.1, -0.05) is 0 Å². The van der Waals surface area contributed by atoms with E-state index in [1.54, 1.807) is 0 Å². The van der Waals surface area contributed by atoms with Gasteiger partial charge in [0.15, 0.2) is 0 Å². The molecule has 3 atom stereocenters. The SMILES string of the molecule is CC1OCCN(C2CCSC2)C1C. The van der Waals surface area contributed by atoms with Gasteiger partial charge in [-0.15, -0.1) is 0 Å². The Balaban J connectivity index is 1.95. The maximum atomic E-state index is 5.63. The molecule has 3 heteroatoms.